The lowest BCUT2D eigenvalue weighted by atomic mass is 10.0. The molecule has 90 valence electrons. The first-order valence-corrected chi connectivity index (χ1v) is 6.04. The Kier molecular flexibility index (Phi) is 3.38. The molecule has 0 atom stereocenters. The van der Waals surface area contributed by atoms with Crippen LogP contribution in [0, 0.1) is 0 Å². The lowest BCUT2D eigenvalue weighted by Crippen LogP contribution is -2.01. The molecule has 0 saturated carbocycles. The van der Waals surface area contributed by atoms with Crippen LogP contribution in [0.4, 0.5) is 0 Å². The minimum Gasteiger partial charge on any atom is -0.508 e. The minimum atomic E-state index is -0.434. The lowest BCUT2D eigenvalue weighted by Gasteiger charge is -2.08. The van der Waals surface area contributed by atoms with Crippen molar-refractivity contribution < 1.29 is 9.52 Å². The molecule has 0 amide bonds. The van der Waals surface area contributed by atoms with Crippen LogP contribution >= 0.6 is 11.6 Å². The molecular weight excluding hydrogens is 240 g/mol. The van der Waals surface area contributed by atoms with Crippen LogP contribution in [-0.2, 0) is 12.3 Å². The highest BCUT2D eigenvalue weighted by Gasteiger charge is 2.12. The Hall–Kier alpha value is -1.48. The Morgan fingerprint density at radius 3 is 2.82 bits per heavy atom. The van der Waals surface area contributed by atoms with E-state index in [1.165, 1.54) is 6.07 Å². The number of fused-ring (bicyclic) bond motifs is 1. The number of phenols is 1. The summed E-state index contributed by atoms with van der Waals surface area (Å²) in [5.74, 6) is 0.410. The van der Waals surface area contributed by atoms with Crippen molar-refractivity contribution in [1.29, 1.82) is 0 Å². The van der Waals surface area contributed by atoms with Gasteiger partial charge in [-0.25, -0.2) is 4.79 Å². The number of aromatic hydroxyl groups is 1. The molecule has 0 aliphatic heterocycles. The third-order valence-electron chi connectivity index (χ3n) is 2.72. The third kappa shape index (κ3) is 2.15. The molecule has 0 aliphatic rings. The van der Waals surface area contributed by atoms with E-state index in [2.05, 4.69) is 0 Å². The van der Waals surface area contributed by atoms with E-state index in [4.69, 9.17) is 16.0 Å². The second-order valence-electron chi connectivity index (χ2n) is 3.91. The monoisotopic (exact) mass is 252 g/mol. The van der Waals surface area contributed by atoms with Crippen molar-refractivity contribution >= 4 is 22.6 Å². The molecule has 1 N–H and O–H groups in total. The fourth-order valence-electron chi connectivity index (χ4n) is 1.94. The molecule has 17 heavy (non-hydrogen) atoms. The van der Waals surface area contributed by atoms with E-state index >= 15 is 0 Å². The molecular formula is C13H13ClO3. The average molecular weight is 253 g/mol. The molecule has 0 unspecified atom stereocenters. The van der Waals surface area contributed by atoms with Crippen LogP contribution < -0.4 is 5.63 Å². The van der Waals surface area contributed by atoms with E-state index in [1.807, 2.05) is 6.92 Å². The summed E-state index contributed by atoms with van der Waals surface area (Å²) in [6.07, 6.45) is 1.53. The number of benzene rings is 1. The van der Waals surface area contributed by atoms with E-state index in [1.54, 1.807) is 12.1 Å². The molecule has 4 heteroatoms. The molecule has 0 radical (unpaired) electrons. The number of halogens is 1. The normalized spacial score (nSPS) is 10.9. The van der Waals surface area contributed by atoms with Gasteiger partial charge in [-0.15, -0.1) is 11.6 Å². The first-order chi connectivity index (χ1) is 8.17. The van der Waals surface area contributed by atoms with Crippen molar-refractivity contribution in [3.8, 4) is 5.75 Å². The summed E-state index contributed by atoms with van der Waals surface area (Å²) in [6.45, 7) is 2.00. The van der Waals surface area contributed by atoms with Crippen LogP contribution in [-0.4, -0.2) is 5.11 Å². The van der Waals surface area contributed by atoms with Gasteiger partial charge in [0, 0.05) is 22.9 Å². The Labute approximate surface area is 104 Å². The molecule has 2 rings (SSSR count). The first-order valence-electron chi connectivity index (χ1n) is 5.51. The van der Waals surface area contributed by atoms with Gasteiger partial charge in [-0.05, 0) is 24.1 Å². The fraction of sp³-hybridized carbons (Fsp3) is 0.308. The molecule has 1 aromatic heterocycles. The number of hydrogen-bond acceptors (Lipinski definition) is 3. The van der Waals surface area contributed by atoms with E-state index in [-0.39, 0.29) is 11.6 Å². The van der Waals surface area contributed by atoms with E-state index in [9.17, 15) is 9.90 Å². The van der Waals surface area contributed by atoms with Crippen LogP contribution in [0.25, 0.3) is 11.0 Å². The van der Waals surface area contributed by atoms with Crippen molar-refractivity contribution in [1.82, 2.24) is 0 Å². The summed E-state index contributed by atoms with van der Waals surface area (Å²) in [6, 6.07) is 4.73. The van der Waals surface area contributed by atoms with Gasteiger partial charge in [-0.3, -0.25) is 0 Å². The smallest absolute Gasteiger partial charge is 0.336 e. The van der Waals surface area contributed by atoms with Crippen LogP contribution in [0.2, 0.25) is 0 Å². The van der Waals surface area contributed by atoms with Gasteiger partial charge in [0.15, 0.2) is 0 Å². The highest BCUT2D eigenvalue weighted by atomic mass is 35.5. The third-order valence-corrected chi connectivity index (χ3v) is 3.01. The highest BCUT2D eigenvalue weighted by molar-refractivity contribution is 6.18. The molecule has 0 bridgehead atoms. The summed E-state index contributed by atoms with van der Waals surface area (Å²) >= 11 is 5.80. The molecule has 0 aliphatic carbocycles. The van der Waals surface area contributed by atoms with E-state index in [0.29, 0.717) is 17.6 Å². The van der Waals surface area contributed by atoms with Gasteiger partial charge in [0.1, 0.15) is 11.3 Å². The number of aryl methyl sites for hydroxylation is 1. The molecule has 0 saturated heterocycles. The van der Waals surface area contributed by atoms with Crippen LogP contribution in [0.1, 0.15) is 24.5 Å². The number of alkyl halides is 1. The summed E-state index contributed by atoms with van der Waals surface area (Å²) in [7, 11) is 0. The number of hydrogen-bond donors (Lipinski definition) is 1. The summed E-state index contributed by atoms with van der Waals surface area (Å²) in [4.78, 5) is 11.4. The second kappa shape index (κ2) is 4.80. The first kappa shape index (κ1) is 12.0. The predicted molar refractivity (Wildman–Crippen MR) is 67.7 cm³/mol. The zero-order valence-electron chi connectivity index (χ0n) is 9.50. The topological polar surface area (TPSA) is 50.4 Å². The maximum atomic E-state index is 11.4. The van der Waals surface area contributed by atoms with Crippen molar-refractivity contribution in [3.63, 3.8) is 0 Å². The van der Waals surface area contributed by atoms with Crippen molar-refractivity contribution in [2.75, 3.05) is 0 Å². The van der Waals surface area contributed by atoms with Gasteiger partial charge in [0.2, 0.25) is 0 Å². The average Bonchev–Trinajstić information content (AvgIpc) is 2.32. The molecule has 3 nitrogen and oxygen atoms in total. The van der Waals surface area contributed by atoms with Crippen LogP contribution in [0.3, 0.4) is 0 Å². The van der Waals surface area contributed by atoms with E-state index in [0.717, 1.165) is 17.4 Å². The number of rotatable bonds is 3. The Bertz CT molecular complexity index is 601. The van der Waals surface area contributed by atoms with Crippen LogP contribution in [0.5, 0.6) is 5.75 Å². The minimum absolute atomic E-state index is 0.161. The largest absolute Gasteiger partial charge is 0.508 e. The SMILES string of the molecule is CCCc1c(O)ccc2c(CCl)cc(=O)oc12. The maximum Gasteiger partial charge on any atom is 0.336 e. The van der Waals surface area contributed by atoms with Gasteiger partial charge in [0.05, 0.1) is 0 Å². The zero-order valence-corrected chi connectivity index (χ0v) is 10.3. The molecule has 2 aromatic rings. The summed E-state index contributed by atoms with van der Waals surface area (Å²) in [5, 5.41) is 10.6. The Morgan fingerprint density at radius 1 is 1.41 bits per heavy atom. The van der Waals surface area contributed by atoms with Crippen molar-refractivity contribution in [2.45, 2.75) is 25.6 Å². The second-order valence-corrected chi connectivity index (χ2v) is 4.18. The van der Waals surface area contributed by atoms with Crippen LogP contribution in [0.15, 0.2) is 27.4 Å². The molecule has 1 heterocycles. The molecule has 0 fully saturated rings. The van der Waals surface area contributed by atoms with Gasteiger partial charge < -0.3 is 9.52 Å². The van der Waals surface area contributed by atoms with Gasteiger partial charge in [-0.2, -0.15) is 0 Å². The van der Waals surface area contributed by atoms with Gasteiger partial charge in [0.25, 0.3) is 0 Å². The standard InChI is InChI=1S/C13H13ClO3/c1-2-3-10-11(15)5-4-9-8(7-14)6-12(16)17-13(9)10/h4-6,15H,2-3,7H2,1H3. The fourth-order valence-corrected chi connectivity index (χ4v) is 2.16. The Balaban J connectivity index is 2.83. The van der Waals surface area contributed by atoms with Crippen molar-refractivity contribution in [3.05, 3.63) is 39.7 Å². The predicted octanol–water partition coefficient (Wildman–Crippen LogP) is 3.19. The highest BCUT2D eigenvalue weighted by Crippen LogP contribution is 2.29. The quantitative estimate of drug-likeness (QED) is 0.674. The van der Waals surface area contributed by atoms with Crippen molar-refractivity contribution in [2.24, 2.45) is 0 Å². The molecule has 0 spiro atoms. The maximum absolute atomic E-state index is 11.4. The zero-order chi connectivity index (χ0) is 12.4. The summed E-state index contributed by atoms with van der Waals surface area (Å²) in [5.41, 5.74) is 1.43. The van der Waals surface area contributed by atoms with Gasteiger partial charge in [-0.1, -0.05) is 13.3 Å². The van der Waals surface area contributed by atoms with Gasteiger partial charge >= 0.3 is 5.63 Å². The summed E-state index contributed by atoms with van der Waals surface area (Å²) < 4.78 is 5.19. The number of phenolic OH excluding ortho intramolecular Hbond substituents is 1. The molecule has 1 aromatic carbocycles. The Morgan fingerprint density at radius 2 is 2.18 bits per heavy atom. The lowest BCUT2D eigenvalue weighted by molar-refractivity contribution is 0.464. The van der Waals surface area contributed by atoms with E-state index < -0.39 is 5.63 Å².